The van der Waals surface area contributed by atoms with Crippen LogP contribution in [0.1, 0.15) is 0 Å². The minimum atomic E-state index is -0.442. The Bertz CT molecular complexity index is 929. The first-order valence-electron chi connectivity index (χ1n) is 7.69. The van der Waals surface area contributed by atoms with Gasteiger partial charge in [0.15, 0.2) is 5.69 Å². The number of methoxy groups -OCH3 is 1. The number of hydrogen-bond acceptors (Lipinski definition) is 5. The summed E-state index contributed by atoms with van der Waals surface area (Å²) in [5, 5.41) is 21.5. The molecule has 0 bridgehead atoms. The highest BCUT2D eigenvalue weighted by Gasteiger charge is 2.13. The molecule has 0 radical (unpaired) electrons. The third kappa shape index (κ3) is 3.45. The Morgan fingerprint density at radius 3 is 2.64 bits per heavy atom. The number of amides is 1. The van der Waals surface area contributed by atoms with Gasteiger partial charge < -0.3 is 19.7 Å². The summed E-state index contributed by atoms with van der Waals surface area (Å²) < 4.78 is 6.68. The molecule has 0 aliphatic carbocycles. The van der Waals surface area contributed by atoms with Gasteiger partial charge in [0.1, 0.15) is 5.75 Å². The van der Waals surface area contributed by atoms with Crippen LogP contribution in [0.4, 0.5) is 11.4 Å². The Morgan fingerprint density at radius 2 is 1.92 bits per heavy atom. The Hall–Kier alpha value is -3.35. The lowest BCUT2D eigenvalue weighted by Crippen LogP contribution is -2.10. The van der Waals surface area contributed by atoms with Gasteiger partial charge >= 0.3 is 0 Å². The first kappa shape index (κ1) is 16.5. The molecule has 1 heterocycles. The molecule has 0 saturated heterocycles. The van der Waals surface area contributed by atoms with E-state index < -0.39 is 5.91 Å². The van der Waals surface area contributed by atoms with Gasteiger partial charge in [-0.25, -0.2) is 0 Å². The number of hydrogen-bond donors (Lipinski definition) is 2. The highest BCUT2D eigenvalue weighted by Crippen LogP contribution is 2.37. The molecule has 0 spiro atoms. The van der Waals surface area contributed by atoms with Crippen LogP contribution in [0.2, 0.25) is 0 Å². The highest BCUT2D eigenvalue weighted by molar-refractivity contribution is 5.95. The molecule has 2 aromatic carbocycles. The fourth-order valence-corrected chi connectivity index (χ4v) is 2.49. The van der Waals surface area contributed by atoms with Crippen molar-refractivity contribution in [2.45, 2.75) is 0 Å². The van der Waals surface area contributed by atoms with Crippen molar-refractivity contribution in [3.8, 4) is 11.6 Å². The number of benzene rings is 2. The molecule has 25 heavy (non-hydrogen) atoms. The Balaban J connectivity index is 1.69. The second kappa shape index (κ2) is 7.04. The molecule has 7 nitrogen and oxygen atoms in total. The van der Waals surface area contributed by atoms with Crippen molar-refractivity contribution in [2.75, 3.05) is 19.0 Å². The van der Waals surface area contributed by atoms with Crippen LogP contribution >= 0.6 is 0 Å². The number of aryl methyl sites for hydroxylation is 1. The van der Waals surface area contributed by atoms with Crippen LogP contribution in [0.15, 0.2) is 58.8 Å². The number of carbonyl (C=O) groups is 1. The summed E-state index contributed by atoms with van der Waals surface area (Å²) in [6, 6.07) is 14.6. The van der Waals surface area contributed by atoms with E-state index in [9.17, 15) is 9.90 Å². The molecule has 0 aliphatic rings. The third-order valence-corrected chi connectivity index (χ3v) is 3.85. The van der Waals surface area contributed by atoms with Crippen molar-refractivity contribution in [3.05, 3.63) is 48.5 Å². The average molecular weight is 338 g/mol. The number of anilines is 1. The zero-order chi connectivity index (χ0) is 17.8. The van der Waals surface area contributed by atoms with Crippen LogP contribution in [-0.4, -0.2) is 29.2 Å². The van der Waals surface area contributed by atoms with E-state index in [1.807, 2.05) is 24.3 Å². The van der Waals surface area contributed by atoms with E-state index in [0.717, 1.165) is 22.3 Å². The van der Waals surface area contributed by atoms with E-state index in [1.54, 1.807) is 43.0 Å². The zero-order valence-electron chi connectivity index (χ0n) is 13.9. The number of nitrogens with one attached hydrogen (secondary N) is 1. The van der Waals surface area contributed by atoms with Crippen LogP contribution < -0.4 is 10.1 Å². The average Bonchev–Trinajstić information content (AvgIpc) is 2.89. The first-order valence-corrected chi connectivity index (χ1v) is 7.69. The highest BCUT2D eigenvalue weighted by atomic mass is 16.5. The fraction of sp³-hybridized carbons (Fsp3) is 0.167. The van der Waals surface area contributed by atoms with Crippen molar-refractivity contribution >= 4 is 28.2 Å². The lowest BCUT2D eigenvalue weighted by atomic mass is 10.2. The van der Waals surface area contributed by atoms with Crippen LogP contribution in [0.3, 0.4) is 0 Å². The third-order valence-electron chi connectivity index (χ3n) is 3.85. The first-order chi connectivity index (χ1) is 12.1. The summed E-state index contributed by atoms with van der Waals surface area (Å²) in [6.45, 7) is 0.00135. The monoisotopic (exact) mass is 338 g/mol. The molecule has 1 amide bonds. The van der Waals surface area contributed by atoms with Gasteiger partial charge in [-0.3, -0.25) is 4.79 Å². The van der Waals surface area contributed by atoms with Crippen molar-refractivity contribution in [2.24, 2.45) is 17.3 Å². The number of aromatic hydroxyl groups is 1. The topological polar surface area (TPSA) is 88.2 Å². The maximum Gasteiger partial charge on any atom is 0.283 e. The predicted octanol–water partition coefficient (Wildman–Crippen LogP) is 3.61. The summed E-state index contributed by atoms with van der Waals surface area (Å²) >= 11 is 0. The molecule has 1 aromatic heterocycles. The Morgan fingerprint density at radius 1 is 1.20 bits per heavy atom. The van der Waals surface area contributed by atoms with Gasteiger partial charge in [-0.2, -0.15) is 0 Å². The maximum atomic E-state index is 11.9. The summed E-state index contributed by atoms with van der Waals surface area (Å²) in [4.78, 5) is 11.9. The minimum Gasteiger partial charge on any atom is -0.497 e. The standard InChI is InChI=1S/C18H18N4O3/c1-22-15-6-4-3-5-14(15)17(18(22)24)21-20-16(23)11-19-12-7-9-13(25-2)10-8-12/h3-10,19,24H,11H2,1-2H3. The zero-order valence-corrected chi connectivity index (χ0v) is 13.9. The molecule has 0 atom stereocenters. The molecule has 7 heteroatoms. The molecule has 3 aromatic rings. The van der Waals surface area contributed by atoms with Gasteiger partial charge in [-0.15, -0.1) is 10.2 Å². The van der Waals surface area contributed by atoms with E-state index >= 15 is 0 Å². The summed E-state index contributed by atoms with van der Waals surface area (Å²) in [6.07, 6.45) is 0. The number of nitrogens with zero attached hydrogens (tertiary/aromatic N) is 3. The van der Waals surface area contributed by atoms with Gasteiger partial charge in [-0.05, 0) is 30.3 Å². The smallest absolute Gasteiger partial charge is 0.283 e. The van der Waals surface area contributed by atoms with E-state index in [2.05, 4.69) is 15.5 Å². The summed E-state index contributed by atoms with van der Waals surface area (Å²) in [5.74, 6) is 0.270. The SMILES string of the molecule is COc1ccc(NCC(=O)N=Nc2c(O)n(C)c3ccccc23)cc1. The van der Waals surface area contributed by atoms with E-state index in [1.165, 1.54) is 0 Å². The van der Waals surface area contributed by atoms with Crippen molar-refractivity contribution in [1.29, 1.82) is 0 Å². The predicted molar refractivity (Wildman–Crippen MR) is 95.6 cm³/mol. The Kier molecular flexibility index (Phi) is 4.65. The molecular formula is C18H18N4O3. The number of fused-ring (bicyclic) bond motifs is 1. The Labute approximate surface area is 144 Å². The van der Waals surface area contributed by atoms with E-state index in [4.69, 9.17) is 4.74 Å². The number of ether oxygens (including phenoxy) is 1. The lowest BCUT2D eigenvalue weighted by Gasteiger charge is -2.04. The molecule has 0 fully saturated rings. The summed E-state index contributed by atoms with van der Waals surface area (Å²) in [5.41, 5.74) is 1.88. The van der Waals surface area contributed by atoms with Gasteiger partial charge in [0.2, 0.25) is 5.88 Å². The molecule has 2 N–H and O–H groups in total. The van der Waals surface area contributed by atoms with Crippen LogP contribution in [-0.2, 0) is 11.8 Å². The van der Waals surface area contributed by atoms with Crippen molar-refractivity contribution in [3.63, 3.8) is 0 Å². The molecular weight excluding hydrogens is 320 g/mol. The summed E-state index contributed by atoms with van der Waals surface area (Å²) in [7, 11) is 3.32. The number of carbonyl (C=O) groups excluding carboxylic acids is 1. The number of aromatic nitrogens is 1. The quantitative estimate of drug-likeness (QED) is 0.696. The van der Waals surface area contributed by atoms with Crippen molar-refractivity contribution < 1.29 is 14.6 Å². The second-order valence-electron chi connectivity index (χ2n) is 5.42. The van der Waals surface area contributed by atoms with E-state index in [-0.39, 0.29) is 18.1 Å². The molecule has 3 rings (SSSR count). The van der Waals surface area contributed by atoms with E-state index in [0.29, 0.717) is 0 Å². The maximum absolute atomic E-state index is 11.9. The largest absolute Gasteiger partial charge is 0.497 e. The van der Waals surface area contributed by atoms with Crippen molar-refractivity contribution in [1.82, 2.24) is 4.57 Å². The van der Waals surface area contributed by atoms with Crippen LogP contribution in [0.5, 0.6) is 11.6 Å². The number of rotatable bonds is 5. The van der Waals surface area contributed by atoms with Crippen LogP contribution in [0, 0.1) is 0 Å². The van der Waals surface area contributed by atoms with Gasteiger partial charge in [0.05, 0.1) is 19.2 Å². The number of azo groups is 1. The lowest BCUT2D eigenvalue weighted by molar-refractivity contribution is -0.116. The van der Waals surface area contributed by atoms with Crippen LogP contribution in [0.25, 0.3) is 10.9 Å². The molecule has 128 valence electrons. The number of para-hydroxylation sites is 1. The molecule has 0 unspecified atom stereocenters. The molecule has 0 saturated carbocycles. The fourth-order valence-electron chi connectivity index (χ4n) is 2.49. The van der Waals surface area contributed by atoms with Gasteiger partial charge in [0, 0.05) is 18.1 Å². The second-order valence-corrected chi connectivity index (χ2v) is 5.42. The van der Waals surface area contributed by atoms with Gasteiger partial charge in [-0.1, -0.05) is 18.2 Å². The van der Waals surface area contributed by atoms with Gasteiger partial charge in [0.25, 0.3) is 5.91 Å². The normalized spacial score (nSPS) is 11.1. The molecule has 0 aliphatic heterocycles. The minimum absolute atomic E-state index is 0.00135.